The number of aromatic nitrogens is 7. The minimum absolute atomic E-state index is 0.116. The van der Waals surface area contributed by atoms with Crippen molar-refractivity contribution in [2.24, 2.45) is 0 Å². The van der Waals surface area contributed by atoms with Gasteiger partial charge in [0.2, 0.25) is 5.88 Å². The smallest absolute Gasteiger partial charge is 0.410 e. The second-order valence-electron chi connectivity index (χ2n) is 9.03. The fraction of sp³-hybridized carbons (Fsp3) is 0.320. The van der Waals surface area contributed by atoms with Crippen LogP contribution in [0, 0.1) is 0 Å². The van der Waals surface area contributed by atoms with E-state index in [2.05, 4.69) is 25.1 Å². The molecule has 0 aliphatic heterocycles. The molecule has 1 unspecified atom stereocenters. The third-order valence-electron chi connectivity index (χ3n) is 6.85. The van der Waals surface area contributed by atoms with E-state index >= 15 is 0 Å². The van der Waals surface area contributed by atoms with Crippen molar-refractivity contribution < 1.29 is 22.6 Å². The number of hydrogen-bond acceptors (Lipinski definition) is 7. The van der Waals surface area contributed by atoms with Crippen LogP contribution >= 0.6 is 0 Å². The van der Waals surface area contributed by atoms with Gasteiger partial charge in [0.15, 0.2) is 5.65 Å². The summed E-state index contributed by atoms with van der Waals surface area (Å²) in [5.74, 6) is 0.569. The van der Waals surface area contributed by atoms with Gasteiger partial charge in [0.25, 0.3) is 0 Å². The number of halogens is 3. The Morgan fingerprint density at radius 3 is 2.65 bits per heavy atom. The van der Waals surface area contributed by atoms with Gasteiger partial charge in [-0.25, -0.2) is 14.5 Å². The lowest BCUT2D eigenvalue weighted by molar-refractivity contribution is -0.164. The van der Waals surface area contributed by atoms with E-state index in [4.69, 9.17) is 9.47 Å². The molecule has 12 heteroatoms. The molecule has 0 bridgehead atoms. The van der Waals surface area contributed by atoms with E-state index < -0.39 is 12.2 Å². The summed E-state index contributed by atoms with van der Waals surface area (Å²) in [5, 5.41) is 9.34. The molecule has 4 aromatic heterocycles. The van der Waals surface area contributed by atoms with Gasteiger partial charge in [0, 0.05) is 29.5 Å². The second kappa shape index (κ2) is 8.43. The SMILES string of the molecule is COc1ncc(-c2cc(C3C[C@@H]3c3ccc4cnn([C@@H](C)C(F)(F)F)c4c3)c3nccn3n2)c(OC)n1. The number of benzene rings is 1. The number of nitrogens with zero attached hydrogens (tertiary/aromatic N) is 7. The molecule has 0 N–H and O–H groups in total. The summed E-state index contributed by atoms with van der Waals surface area (Å²) in [7, 11) is 2.99. The Hall–Kier alpha value is -4.22. The number of fused-ring (bicyclic) bond motifs is 2. The Balaban J connectivity index is 1.38. The number of hydrogen-bond donors (Lipinski definition) is 0. The summed E-state index contributed by atoms with van der Waals surface area (Å²) in [5.41, 5.74) is 4.34. The van der Waals surface area contributed by atoms with Crippen molar-refractivity contribution in [1.82, 2.24) is 34.3 Å². The van der Waals surface area contributed by atoms with Crippen LogP contribution in [0.2, 0.25) is 0 Å². The first-order chi connectivity index (χ1) is 17.8. The van der Waals surface area contributed by atoms with E-state index in [1.54, 1.807) is 23.1 Å². The molecule has 1 aliphatic carbocycles. The Labute approximate surface area is 208 Å². The zero-order valence-electron chi connectivity index (χ0n) is 20.1. The lowest BCUT2D eigenvalue weighted by Crippen LogP contribution is -2.24. The third kappa shape index (κ3) is 3.92. The van der Waals surface area contributed by atoms with Crippen LogP contribution in [0.25, 0.3) is 27.8 Å². The lowest BCUT2D eigenvalue weighted by Gasteiger charge is -2.17. The normalized spacial score (nSPS) is 18.3. The fourth-order valence-corrected chi connectivity index (χ4v) is 4.77. The zero-order valence-corrected chi connectivity index (χ0v) is 20.1. The Bertz CT molecular complexity index is 1630. The predicted molar refractivity (Wildman–Crippen MR) is 128 cm³/mol. The second-order valence-corrected chi connectivity index (χ2v) is 9.03. The number of imidazole rings is 1. The van der Waals surface area contributed by atoms with Gasteiger partial charge in [0.1, 0.15) is 6.04 Å². The van der Waals surface area contributed by atoms with Crippen LogP contribution in [0.4, 0.5) is 13.2 Å². The maximum atomic E-state index is 13.4. The maximum Gasteiger partial charge on any atom is 0.410 e. The summed E-state index contributed by atoms with van der Waals surface area (Å²) in [6, 6.07) is 6.03. The first-order valence-electron chi connectivity index (χ1n) is 11.6. The maximum absolute atomic E-state index is 13.4. The monoisotopic (exact) mass is 509 g/mol. The van der Waals surface area contributed by atoms with Crippen molar-refractivity contribution in [3.8, 4) is 23.1 Å². The van der Waals surface area contributed by atoms with Gasteiger partial charge >= 0.3 is 12.2 Å². The quantitative estimate of drug-likeness (QED) is 0.320. The molecule has 37 heavy (non-hydrogen) atoms. The molecule has 1 fully saturated rings. The van der Waals surface area contributed by atoms with E-state index in [0.717, 1.165) is 34.8 Å². The molecule has 9 nitrogen and oxygen atoms in total. The van der Waals surface area contributed by atoms with Gasteiger partial charge in [-0.1, -0.05) is 12.1 Å². The Morgan fingerprint density at radius 1 is 1.05 bits per heavy atom. The minimum atomic E-state index is -4.39. The first-order valence-corrected chi connectivity index (χ1v) is 11.6. The van der Waals surface area contributed by atoms with E-state index in [-0.39, 0.29) is 17.8 Å². The number of alkyl halides is 3. The van der Waals surface area contributed by atoms with Crippen molar-refractivity contribution in [2.45, 2.75) is 37.4 Å². The van der Waals surface area contributed by atoms with Gasteiger partial charge < -0.3 is 9.47 Å². The van der Waals surface area contributed by atoms with Crippen molar-refractivity contribution in [1.29, 1.82) is 0 Å². The van der Waals surface area contributed by atoms with Crippen LogP contribution in [0.5, 0.6) is 11.9 Å². The van der Waals surface area contributed by atoms with Crippen LogP contribution in [-0.2, 0) is 0 Å². The van der Waals surface area contributed by atoms with E-state index in [1.165, 1.54) is 20.4 Å². The molecule has 4 heterocycles. The highest BCUT2D eigenvalue weighted by molar-refractivity contribution is 5.80. The zero-order chi connectivity index (χ0) is 25.9. The predicted octanol–water partition coefficient (Wildman–Crippen LogP) is 4.95. The largest absolute Gasteiger partial charge is 0.480 e. The van der Waals surface area contributed by atoms with Gasteiger partial charge in [0.05, 0.1) is 37.2 Å². The van der Waals surface area contributed by atoms with Crippen LogP contribution in [0.3, 0.4) is 0 Å². The third-order valence-corrected chi connectivity index (χ3v) is 6.85. The number of ether oxygens (including phenoxy) is 2. The van der Waals surface area contributed by atoms with E-state index in [1.807, 2.05) is 24.3 Å². The highest BCUT2D eigenvalue weighted by Gasteiger charge is 2.42. The number of rotatable bonds is 6. The van der Waals surface area contributed by atoms with Gasteiger partial charge in [-0.2, -0.15) is 28.4 Å². The molecule has 3 atom stereocenters. The molecule has 0 radical (unpaired) electrons. The molecule has 1 saturated carbocycles. The first kappa shape index (κ1) is 23.2. The van der Waals surface area contributed by atoms with Crippen LogP contribution < -0.4 is 9.47 Å². The molecule has 0 amide bonds. The summed E-state index contributed by atoms with van der Waals surface area (Å²) in [4.78, 5) is 13.0. The molecule has 1 aromatic carbocycles. The van der Waals surface area contributed by atoms with Crippen molar-refractivity contribution >= 4 is 16.6 Å². The molecule has 1 aliphatic rings. The Morgan fingerprint density at radius 2 is 1.89 bits per heavy atom. The average molecular weight is 509 g/mol. The summed E-state index contributed by atoms with van der Waals surface area (Å²) < 4.78 is 53.5. The van der Waals surface area contributed by atoms with Crippen LogP contribution in [0.15, 0.2) is 49.1 Å². The van der Waals surface area contributed by atoms with Crippen molar-refractivity contribution in [2.75, 3.05) is 14.2 Å². The van der Waals surface area contributed by atoms with Gasteiger partial charge in [-0.05, 0) is 42.9 Å². The van der Waals surface area contributed by atoms with Crippen LogP contribution in [0.1, 0.15) is 42.3 Å². The molecule has 0 saturated heterocycles. The topological polar surface area (TPSA) is 92.3 Å². The van der Waals surface area contributed by atoms with Crippen molar-refractivity contribution in [3.63, 3.8) is 0 Å². The number of methoxy groups -OCH3 is 2. The molecule has 0 spiro atoms. The highest BCUT2D eigenvalue weighted by Crippen LogP contribution is 2.56. The molecule has 6 rings (SSSR count). The lowest BCUT2D eigenvalue weighted by atomic mass is 10.0. The standard InChI is InChI=1S/C25H22F3N7O2/c1-13(25(26,27)28)35-21-8-14(4-5-15(21)11-31-35)16-9-17(16)18-10-20(33-34-7-6-29-22(18)34)19-12-30-24(37-3)32-23(19)36-2/h4-8,10-13,16-17H,9H2,1-3H3/t13-,16+,17?/m0/s1. The highest BCUT2D eigenvalue weighted by atomic mass is 19.4. The van der Waals surface area contributed by atoms with Gasteiger partial charge in [-0.3, -0.25) is 4.68 Å². The molecule has 190 valence electrons. The summed E-state index contributed by atoms with van der Waals surface area (Å²) >= 11 is 0. The Kier molecular flexibility index (Phi) is 5.28. The molecule has 5 aromatic rings. The van der Waals surface area contributed by atoms with Crippen molar-refractivity contribution in [3.05, 3.63) is 60.2 Å². The van der Waals surface area contributed by atoms with Crippen LogP contribution in [-0.4, -0.2) is 54.7 Å². The average Bonchev–Trinajstić information content (AvgIpc) is 3.35. The van der Waals surface area contributed by atoms with E-state index in [9.17, 15) is 13.2 Å². The summed E-state index contributed by atoms with van der Waals surface area (Å²) in [6.45, 7) is 1.11. The molecular formula is C25H22F3N7O2. The fourth-order valence-electron chi connectivity index (χ4n) is 4.77. The summed E-state index contributed by atoms with van der Waals surface area (Å²) in [6.07, 6.45) is 2.96. The molecular weight excluding hydrogens is 487 g/mol. The van der Waals surface area contributed by atoms with E-state index in [0.29, 0.717) is 28.0 Å². The van der Waals surface area contributed by atoms with Gasteiger partial charge in [-0.15, -0.1) is 0 Å². The minimum Gasteiger partial charge on any atom is -0.480 e.